The molecule has 3 aromatic rings. The highest BCUT2D eigenvalue weighted by Crippen LogP contribution is 2.15. The maximum atomic E-state index is 11.9. The Kier molecular flexibility index (Phi) is 11.9. The second-order valence-electron chi connectivity index (χ2n) is 9.70. The van der Waals surface area contributed by atoms with Crippen LogP contribution in [0.5, 0.6) is 5.75 Å². The highest BCUT2D eigenvalue weighted by molar-refractivity contribution is 5.91. The van der Waals surface area contributed by atoms with Crippen molar-refractivity contribution in [2.45, 2.75) is 58.5 Å². The van der Waals surface area contributed by atoms with Gasteiger partial charge in [0.2, 0.25) is 5.91 Å². The number of carbonyl (C=O) groups is 1. The van der Waals surface area contributed by atoms with Gasteiger partial charge in [0, 0.05) is 44.1 Å². The Balaban J connectivity index is 1.33. The predicted molar refractivity (Wildman–Crippen MR) is 153 cm³/mol. The van der Waals surface area contributed by atoms with Gasteiger partial charge < -0.3 is 10.1 Å². The molecule has 0 aliphatic carbocycles. The van der Waals surface area contributed by atoms with E-state index in [2.05, 4.69) is 65.4 Å². The van der Waals surface area contributed by atoms with E-state index in [9.17, 15) is 4.79 Å². The SMILES string of the molecule is COc1ccc(CCN(Cc2ccc(CCCCCNC(=O)/C=C/c3cccnc3)cc2)C(C)C)cc1. The summed E-state index contributed by atoms with van der Waals surface area (Å²) >= 11 is 0. The van der Waals surface area contributed by atoms with Crippen LogP contribution in [-0.4, -0.2) is 42.0 Å². The van der Waals surface area contributed by atoms with Crippen LogP contribution in [0.25, 0.3) is 6.08 Å². The first kappa shape index (κ1) is 28.1. The number of hydrogen-bond donors (Lipinski definition) is 1. The highest BCUT2D eigenvalue weighted by atomic mass is 16.5. The number of carbonyl (C=O) groups excluding carboxylic acids is 1. The van der Waals surface area contributed by atoms with Gasteiger partial charge in [-0.15, -0.1) is 0 Å². The molecule has 3 rings (SSSR count). The summed E-state index contributed by atoms with van der Waals surface area (Å²) in [5.41, 5.74) is 4.99. The van der Waals surface area contributed by atoms with Gasteiger partial charge in [0.15, 0.2) is 0 Å². The van der Waals surface area contributed by atoms with Gasteiger partial charge in [-0.2, -0.15) is 0 Å². The molecule has 196 valence electrons. The normalized spacial score (nSPS) is 11.4. The summed E-state index contributed by atoms with van der Waals surface area (Å²) in [7, 11) is 1.70. The molecule has 0 aliphatic heterocycles. The Bertz CT molecular complexity index is 1080. The average Bonchev–Trinajstić information content (AvgIpc) is 2.93. The van der Waals surface area contributed by atoms with Crippen LogP contribution in [0.2, 0.25) is 0 Å². The second-order valence-corrected chi connectivity index (χ2v) is 9.70. The van der Waals surface area contributed by atoms with Crippen molar-refractivity contribution in [1.82, 2.24) is 15.2 Å². The lowest BCUT2D eigenvalue weighted by Gasteiger charge is -2.26. The third kappa shape index (κ3) is 10.6. The fraction of sp³-hybridized carbons (Fsp3) is 0.375. The fourth-order valence-corrected chi connectivity index (χ4v) is 4.18. The number of ether oxygens (including phenoxy) is 1. The Morgan fingerprint density at radius 1 is 0.946 bits per heavy atom. The second kappa shape index (κ2) is 15.6. The first-order valence-corrected chi connectivity index (χ1v) is 13.3. The molecular formula is C32H41N3O2. The summed E-state index contributed by atoms with van der Waals surface area (Å²) in [5, 5.41) is 2.96. The molecule has 1 heterocycles. The summed E-state index contributed by atoms with van der Waals surface area (Å²) in [6.07, 6.45) is 12.1. The Hall–Kier alpha value is -3.44. The molecule has 1 aromatic heterocycles. The Morgan fingerprint density at radius 3 is 2.32 bits per heavy atom. The standard InChI is InChI=1S/C32H41N3O2/c1-26(2)35(23-20-28-14-17-31(37-3)18-15-28)25-30-12-10-27(11-13-30)8-5-4-6-22-34-32(36)19-16-29-9-7-21-33-24-29/h7,9-19,21,24,26H,4-6,8,20,22-23,25H2,1-3H3,(H,34,36)/b19-16+. The minimum absolute atomic E-state index is 0.0566. The van der Waals surface area contributed by atoms with E-state index in [0.717, 1.165) is 56.5 Å². The maximum absolute atomic E-state index is 11.9. The van der Waals surface area contributed by atoms with Crippen LogP contribution in [0.15, 0.2) is 79.1 Å². The van der Waals surface area contributed by atoms with Crippen molar-refractivity contribution >= 4 is 12.0 Å². The van der Waals surface area contributed by atoms with E-state index in [4.69, 9.17) is 4.74 Å². The van der Waals surface area contributed by atoms with E-state index < -0.39 is 0 Å². The molecule has 0 bridgehead atoms. The average molecular weight is 500 g/mol. The summed E-state index contributed by atoms with van der Waals surface area (Å²) < 4.78 is 5.26. The number of rotatable bonds is 15. The zero-order valence-electron chi connectivity index (χ0n) is 22.5. The zero-order valence-corrected chi connectivity index (χ0v) is 22.5. The lowest BCUT2D eigenvalue weighted by molar-refractivity contribution is -0.116. The van der Waals surface area contributed by atoms with Gasteiger partial charge >= 0.3 is 0 Å². The van der Waals surface area contributed by atoms with Crippen molar-refractivity contribution in [2.24, 2.45) is 0 Å². The molecular weight excluding hydrogens is 458 g/mol. The first-order valence-electron chi connectivity index (χ1n) is 13.3. The van der Waals surface area contributed by atoms with Crippen LogP contribution in [0.3, 0.4) is 0 Å². The van der Waals surface area contributed by atoms with Crippen LogP contribution in [-0.2, 0) is 24.2 Å². The molecule has 5 heteroatoms. The third-order valence-electron chi connectivity index (χ3n) is 6.54. The molecule has 2 aromatic carbocycles. The first-order chi connectivity index (χ1) is 18.0. The molecule has 1 N–H and O–H groups in total. The largest absolute Gasteiger partial charge is 0.497 e. The number of hydrogen-bond acceptors (Lipinski definition) is 4. The van der Waals surface area contributed by atoms with Gasteiger partial charge in [0.05, 0.1) is 7.11 Å². The minimum atomic E-state index is -0.0566. The van der Waals surface area contributed by atoms with Gasteiger partial charge in [-0.25, -0.2) is 0 Å². The number of unbranched alkanes of at least 4 members (excludes halogenated alkanes) is 2. The molecule has 1 amide bonds. The molecule has 0 saturated carbocycles. The quantitative estimate of drug-likeness (QED) is 0.203. The third-order valence-corrected chi connectivity index (χ3v) is 6.54. The van der Waals surface area contributed by atoms with E-state index in [1.54, 1.807) is 31.7 Å². The van der Waals surface area contributed by atoms with Crippen molar-refractivity contribution in [1.29, 1.82) is 0 Å². The molecule has 0 radical (unpaired) electrons. The fourth-order valence-electron chi connectivity index (χ4n) is 4.18. The molecule has 0 atom stereocenters. The molecule has 37 heavy (non-hydrogen) atoms. The molecule has 0 fully saturated rings. The monoisotopic (exact) mass is 499 g/mol. The summed E-state index contributed by atoms with van der Waals surface area (Å²) in [6, 6.07) is 21.7. The Morgan fingerprint density at radius 2 is 1.65 bits per heavy atom. The van der Waals surface area contributed by atoms with Crippen molar-refractivity contribution in [2.75, 3.05) is 20.2 Å². The summed E-state index contributed by atoms with van der Waals surface area (Å²) in [5.74, 6) is 0.847. The minimum Gasteiger partial charge on any atom is -0.497 e. The van der Waals surface area contributed by atoms with Gasteiger partial charge in [-0.05, 0) is 86.1 Å². The number of benzene rings is 2. The number of nitrogens with zero attached hydrogens (tertiary/aromatic N) is 2. The number of amides is 1. The maximum Gasteiger partial charge on any atom is 0.243 e. The van der Waals surface area contributed by atoms with Crippen LogP contribution >= 0.6 is 0 Å². The van der Waals surface area contributed by atoms with Crippen LogP contribution in [0.4, 0.5) is 0 Å². The zero-order chi connectivity index (χ0) is 26.3. The topological polar surface area (TPSA) is 54.5 Å². The van der Waals surface area contributed by atoms with Gasteiger partial charge in [0.25, 0.3) is 0 Å². The molecule has 0 aliphatic rings. The molecule has 0 spiro atoms. The van der Waals surface area contributed by atoms with E-state index >= 15 is 0 Å². The van der Waals surface area contributed by atoms with E-state index in [0.29, 0.717) is 12.6 Å². The van der Waals surface area contributed by atoms with Crippen molar-refractivity contribution < 1.29 is 9.53 Å². The van der Waals surface area contributed by atoms with Crippen molar-refractivity contribution in [3.05, 3.63) is 101 Å². The summed E-state index contributed by atoms with van der Waals surface area (Å²) in [4.78, 5) is 18.5. The van der Waals surface area contributed by atoms with Gasteiger partial charge in [0.1, 0.15) is 5.75 Å². The number of aromatic nitrogens is 1. The molecule has 0 unspecified atom stereocenters. The number of nitrogens with one attached hydrogen (secondary N) is 1. The van der Waals surface area contributed by atoms with Gasteiger partial charge in [-0.3, -0.25) is 14.7 Å². The van der Waals surface area contributed by atoms with Crippen molar-refractivity contribution in [3.63, 3.8) is 0 Å². The van der Waals surface area contributed by atoms with Crippen LogP contribution in [0, 0.1) is 0 Å². The highest BCUT2D eigenvalue weighted by Gasteiger charge is 2.10. The predicted octanol–water partition coefficient (Wildman–Crippen LogP) is 6.09. The molecule has 5 nitrogen and oxygen atoms in total. The lowest BCUT2D eigenvalue weighted by Crippen LogP contribution is -2.32. The summed E-state index contributed by atoms with van der Waals surface area (Å²) in [6.45, 7) is 7.23. The molecule has 0 saturated heterocycles. The van der Waals surface area contributed by atoms with Gasteiger partial charge in [-0.1, -0.05) is 48.9 Å². The Labute approximate surface area is 222 Å². The lowest BCUT2D eigenvalue weighted by atomic mass is 10.0. The van der Waals surface area contributed by atoms with E-state index in [1.165, 1.54) is 16.7 Å². The smallest absolute Gasteiger partial charge is 0.243 e. The number of methoxy groups -OCH3 is 1. The van der Waals surface area contributed by atoms with Crippen molar-refractivity contribution in [3.8, 4) is 5.75 Å². The van der Waals surface area contributed by atoms with Crippen LogP contribution < -0.4 is 10.1 Å². The van der Waals surface area contributed by atoms with E-state index in [-0.39, 0.29) is 5.91 Å². The number of aryl methyl sites for hydroxylation is 1. The van der Waals surface area contributed by atoms with E-state index in [1.807, 2.05) is 24.3 Å². The van der Waals surface area contributed by atoms with Crippen LogP contribution in [0.1, 0.15) is 55.4 Å². The number of pyridine rings is 1.